The van der Waals surface area contributed by atoms with E-state index in [1.54, 1.807) is 0 Å². The van der Waals surface area contributed by atoms with Gasteiger partial charge in [-0.05, 0) is 5.26 Å². The Balaban J connectivity index is 1.97. The molecular weight excluding hydrogens is 56.0 g/mol. The fraction of sp³-hybridized carbons (Fsp3) is 0.500. The lowest BCUT2D eigenvalue weighted by Crippen LogP contribution is -1.72. The third-order valence-electron chi connectivity index (χ3n) is 0.0833. The van der Waals surface area contributed by atoms with Crippen molar-refractivity contribution in [2.24, 2.45) is 0 Å². The Morgan fingerprint density at radius 1 is 2.00 bits per heavy atom. The Hall–Kier alpha value is -0.210. The quantitative estimate of drug-likeness (QED) is 0.241. The summed E-state index contributed by atoms with van der Waals surface area (Å²) in [4.78, 5) is 3.18. The molecule has 0 amide bonds. The van der Waals surface area contributed by atoms with Gasteiger partial charge in [-0.3, -0.25) is 0 Å². The van der Waals surface area contributed by atoms with Crippen molar-refractivity contribution in [3.8, 4) is 0 Å². The summed E-state index contributed by atoms with van der Waals surface area (Å²) in [5, 5.41) is 8.74. The minimum absolute atomic E-state index is 0.0139. The summed E-state index contributed by atoms with van der Waals surface area (Å²) in [6.07, 6.45) is 0. The Labute approximate surface area is 24.9 Å². The molecule has 2 nitrogen and oxygen atoms in total. The maximum atomic E-state index is 8.74. The van der Waals surface area contributed by atoms with Gasteiger partial charge in [-0.1, -0.05) is 0 Å². The molecular formula is C2H4O2+. The van der Waals surface area contributed by atoms with E-state index in [0.29, 0.717) is 0 Å². The van der Waals surface area contributed by atoms with Crippen molar-refractivity contribution in [2.75, 3.05) is 6.61 Å². The fourth-order valence-corrected chi connectivity index (χ4v) is 0. The van der Waals surface area contributed by atoms with Crippen molar-refractivity contribution in [2.45, 2.75) is 0 Å². The van der Waals surface area contributed by atoms with Crippen molar-refractivity contribution in [3.63, 3.8) is 0 Å². The predicted octanol–water partition coefficient (Wildman–Crippen LogP) is 0.183. The van der Waals surface area contributed by atoms with E-state index in [4.69, 9.17) is 5.26 Å². The van der Waals surface area contributed by atoms with Crippen LogP contribution in [0.1, 0.15) is 0 Å². The molecule has 0 aliphatic carbocycles. The molecule has 0 unspecified atom stereocenters. The molecule has 0 aromatic heterocycles. The second-order valence-corrected chi connectivity index (χ2v) is 0.322. The molecule has 0 rings (SSSR count). The highest BCUT2D eigenvalue weighted by Crippen LogP contribution is 1.52. The van der Waals surface area contributed by atoms with Gasteiger partial charge in [0, 0.05) is 0 Å². The lowest BCUT2D eigenvalue weighted by atomic mass is 10.9. The molecule has 0 aromatic rings. The summed E-state index contributed by atoms with van der Waals surface area (Å²) in [5.74, 6) is 0. The summed E-state index contributed by atoms with van der Waals surface area (Å²) in [5.41, 5.74) is 0. The molecule has 0 aromatic carbocycles. The first-order chi connectivity index (χ1) is 1.91. The average Bonchev–Trinajstić information content (AvgIpc) is 1.37. The number of hydrogen-bond donors (Lipinski definition) is 0. The van der Waals surface area contributed by atoms with Crippen LogP contribution in [-0.2, 0) is 10.1 Å². The van der Waals surface area contributed by atoms with Crippen LogP contribution >= 0.6 is 0 Å². The predicted molar refractivity (Wildman–Crippen MR) is 12.0 cm³/mol. The van der Waals surface area contributed by atoms with Crippen molar-refractivity contribution in [3.05, 3.63) is 6.92 Å². The maximum absolute atomic E-state index is 8.74. The molecule has 0 aliphatic heterocycles. The summed E-state index contributed by atoms with van der Waals surface area (Å²) >= 11 is 0. The van der Waals surface area contributed by atoms with E-state index in [2.05, 4.69) is 11.8 Å². The Kier molecular flexibility index (Phi) is 2.64. The van der Waals surface area contributed by atoms with Crippen LogP contribution in [0.2, 0.25) is 0 Å². The molecule has 0 N–H and O–H groups in total. The van der Waals surface area contributed by atoms with E-state index in [1.807, 2.05) is 0 Å². The van der Waals surface area contributed by atoms with E-state index < -0.39 is 0 Å². The number of rotatable bonds is 1. The van der Waals surface area contributed by atoms with Crippen LogP contribution in [0.5, 0.6) is 0 Å². The van der Waals surface area contributed by atoms with Gasteiger partial charge in [0.15, 0.2) is 0 Å². The van der Waals surface area contributed by atoms with Crippen molar-refractivity contribution >= 4 is 0 Å². The normalized spacial score (nSPS) is 7.25. The molecule has 2 heteroatoms. The first kappa shape index (κ1) is 3.79. The third kappa shape index (κ3) is 1.79. The average molecular weight is 60.1 g/mol. The smallest absolute Gasteiger partial charge is 0.155 e. The van der Waals surface area contributed by atoms with Gasteiger partial charge in [-0.15, -0.1) is 0 Å². The maximum Gasteiger partial charge on any atom is 0.218 e. The topological polar surface area (TPSA) is 29.1 Å². The molecule has 0 heterocycles. The zero-order valence-corrected chi connectivity index (χ0v) is 2.23. The third-order valence-corrected chi connectivity index (χ3v) is 0.0833. The van der Waals surface area contributed by atoms with Crippen LogP contribution in [0.25, 0.3) is 0 Å². The molecule has 0 atom stereocenters. The first-order valence-corrected chi connectivity index (χ1v) is 0.955. The van der Waals surface area contributed by atoms with Gasteiger partial charge in [0.2, 0.25) is 6.61 Å². The van der Waals surface area contributed by atoms with Crippen molar-refractivity contribution in [1.29, 1.82) is 0 Å². The highest BCUT2D eigenvalue weighted by Gasteiger charge is 1.67. The van der Waals surface area contributed by atoms with E-state index in [-0.39, 0.29) is 6.61 Å². The molecule has 0 saturated carbocycles. The fourth-order valence-electron chi connectivity index (χ4n) is 0. The first-order valence-electron chi connectivity index (χ1n) is 0.955. The van der Waals surface area contributed by atoms with E-state index in [1.165, 1.54) is 0 Å². The van der Waals surface area contributed by atoms with Crippen LogP contribution in [0.4, 0.5) is 0 Å². The molecule has 1 radical (unpaired) electrons. The van der Waals surface area contributed by atoms with E-state index in [9.17, 15) is 0 Å². The van der Waals surface area contributed by atoms with Crippen LogP contribution < -0.4 is 0 Å². The largest absolute Gasteiger partial charge is 0.218 e. The minimum atomic E-state index is 0.0139. The van der Waals surface area contributed by atoms with E-state index >= 15 is 0 Å². The SMILES string of the molecule is [CH2+]CO[O]. The van der Waals surface area contributed by atoms with Crippen molar-refractivity contribution < 1.29 is 10.1 Å². The van der Waals surface area contributed by atoms with E-state index in [0.717, 1.165) is 0 Å². The highest BCUT2D eigenvalue weighted by molar-refractivity contribution is 4.18. The van der Waals surface area contributed by atoms with Gasteiger partial charge in [-0.2, -0.15) is 4.89 Å². The van der Waals surface area contributed by atoms with Crippen LogP contribution in [0.3, 0.4) is 0 Å². The Morgan fingerprint density at radius 3 is 2.25 bits per heavy atom. The summed E-state index contributed by atoms with van der Waals surface area (Å²) in [7, 11) is 0. The molecule has 0 fully saturated rings. The molecule has 0 bridgehead atoms. The summed E-state index contributed by atoms with van der Waals surface area (Å²) in [6.45, 7) is 3.08. The highest BCUT2D eigenvalue weighted by atomic mass is 17.1. The Bertz CT molecular complexity index is 6.00. The second-order valence-electron chi connectivity index (χ2n) is 0.322. The molecule has 23 valence electrons. The minimum Gasteiger partial charge on any atom is -0.155 e. The van der Waals surface area contributed by atoms with Crippen LogP contribution in [-0.4, -0.2) is 6.61 Å². The van der Waals surface area contributed by atoms with Gasteiger partial charge < -0.3 is 0 Å². The zero-order valence-electron chi connectivity index (χ0n) is 2.23. The van der Waals surface area contributed by atoms with Gasteiger partial charge in [0.1, 0.15) is 0 Å². The van der Waals surface area contributed by atoms with Crippen LogP contribution in [0.15, 0.2) is 0 Å². The van der Waals surface area contributed by atoms with Gasteiger partial charge >= 0.3 is 0 Å². The molecule has 4 heavy (non-hydrogen) atoms. The number of hydrogen-bond acceptors (Lipinski definition) is 1. The molecule has 0 aliphatic rings. The van der Waals surface area contributed by atoms with Crippen molar-refractivity contribution in [1.82, 2.24) is 0 Å². The summed E-state index contributed by atoms with van der Waals surface area (Å²) < 4.78 is 0. The van der Waals surface area contributed by atoms with Gasteiger partial charge in [-0.25, -0.2) is 0 Å². The van der Waals surface area contributed by atoms with Crippen LogP contribution in [0, 0.1) is 6.92 Å². The zero-order chi connectivity index (χ0) is 3.41. The monoisotopic (exact) mass is 60.0 g/mol. The van der Waals surface area contributed by atoms with Gasteiger partial charge in [0.25, 0.3) is 0 Å². The standard InChI is InChI=1S/C2H4O2/c1-2-4-3/h1-2H2/q+1. The Morgan fingerprint density at radius 2 is 2.25 bits per heavy atom. The lowest BCUT2D eigenvalue weighted by molar-refractivity contribution is -0.295. The van der Waals surface area contributed by atoms with Gasteiger partial charge in [0.05, 0.1) is 6.92 Å². The molecule has 0 saturated heterocycles. The summed E-state index contributed by atoms with van der Waals surface area (Å²) in [6, 6.07) is 0. The molecule has 0 spiro atoms. The lowest BCUT2D eigenvalue weighted by Gasteiger charge is -1.60. The second kappa shape index (κ2) is 2.79.